The average Bonchev–Trinajstić information content (AvgIpc) is 1.98. The third-order valence-corrected chi connectivity index (χ3v) is 1.64. The van der Waals surface area contributed by atoms with E-state index in [2.05, 4.69) is 19.9 Å². The number of hydrogen-bond donors (Lipinski definition) is 0. The Balaban J connectivity index is 3.11. The van der Waals surface area contributed by atoms with E-state index in [1.165, 1.54) is 5.57 Å². The molecule has 0 aliphatic heterocycles. The van der Waals surface area contributed by atoms with Gasteiger partial charge in [0.25, 0.3) is 0 Å². The van der Waals surface area contributed by atoms with Crippen molar-refractivity contribution in [1.82, 2.24) is 0 Å². The van der Waals surface area contributed by atoms with E-state index in [0.717, 1.165) is 32.0 Å². The van der Waals surface area contributed by atoms with Crippen molar-refractivity contribution in [2.24, 2.45) is 0 Å². The van der Waals surface area contributed by atoms with Gasteiger partial charge in [-0.2, -0.15) is 0 Å². The molecule has 0 aromatic heterocycles. The molecular formula is C9H16O. The highest BCUT2D eigenvalue weighted by atomic mass is 16.1. The monoisotopic (exact) mass is 140 g/mol. The van der Waals surface area contributed by atoms with E-state index < -0.39 is 0 Å². The quantitative estimate of drug-likeness (QED) is 0.326. The molecule has 0 amide bonds. The Kier molecular flexibility index (Phi) is 6.14. The van der Waals surface area contributed by atoms with Gasteiger partial charge in [-0.25, -0.2) is 0 Å². The normalized spacial score (nSPS) is 11.6. The molecule has 0 N–H and O–H groups in total. The first-order chi connectivity index (χ1) is 4.81. The summed E-state index contributed by atoms with van der Waals surface area (Å²) < 4.78 is 0. The van der Waals surface area contributed by atoms with Gasteiger partial charge < -0.3 is 4.79 Å². The Morgan fingerprint density at radius 3 is 2.60 bits per heavy atom. The van der Waals surface area contributed by atoms with Crippen LogP contribution >= 0.6 is 0 Å². The summed E-state index contributed by atoms with van der Waals surface area (Å²) in [6.07, 6.45) is 7.16. The Bertz CT molecular complexity index is 114. The summed E-state index contributed by atoms with van der Waals surface area (Å²) >= 11 is 0. The fourth-order valence-corrected chi connectivity index (χ4v) is 0.776. The van der Waals surface area contributed by atoms with Crippen LogP contribution in [0.3, 0.4) is 0 Å². The minimum atomic E-state index is 0.719. The molecule has 0 aromatic carbocycles. The molecule has 0 spiro atoms. The summed E-state index contributed by atoms with van der Waals surface area (Å²) in [5, 5.41) is 0. The highest BCUT2D eigenvalue weighted by molar-refractivity contribution is 5.48. The van der Waals surface area contributed by atoms with Gasteiger partial charge in [-0.3, -0.25) is 0 Å². The maximum absolute atomic E-state index is 9.90. The predicted octanol–water partition coefficient (Wildman–Crippen LogP) is 2.71. The van der Waals surface area contributed by atoms with Gasteiger partial charge in [0, 0.05) is 6.42 Å². The molecule has 0 rings (SSSR count). The molecule has 0 aliphatic carbocycles. The minimum absolute atomic E-state index is 0.719. The first-order valence-electron chi connectivity index (χ1n) is 3.86. The van der Waals surface area contributed by atoms with Crippen LogP contribution in [0.4, 0.5) is 0 Å². The van der Waals surface area contributed by atoms with E-state index in [9.17, 15) is 4.79 Å². The van der Waals surface area contributed by atoms with Crippen LogP contribution in [0.25, 0.3) is 0 Å². The number of rotatable bonds is 5. The number of carbonyl (C=O) groups is 1. The lowest BCUT2D eigenvalue weighted by Crippen LogP contribution is -1.79. The number of carbonyl (C=O) groups excluding carboxylic acids is 1. The second-order valence-corrected chi connectivity index (χ2v) is 2.55. The Morgan fingerprint density at radius 1 is 1.40 bits per heavy atom. The van der Waals surface area contributed by atoms with E-state index in [1.54, 1.807) is 0 Å². The summed E-state index contributed by atoms with van der Waals surface area (Å²) in [6, 6.07) is 0. The largest absolute Gasteiger partial charge is 0.303 e. The molecule has 0 unspecified atom stereocenters. The van der Waals surface area contributed by atoms with E-state index >= 15 is 0 Å². The molecule has 10 heavy (non-hydrogen) atoms. The lowest BCUT2D eigenvalue weighted by molar-refractivity contribution is -0.107. The smallest absolute Gasteiger partial charge is 0.119 e. The fraction of sp³-hybridized carbons (Fsp3) is 0.667. The van der Waals surface area contributed by atoms with Gasteiger partial charge in [0.05, 0.1) is 0 Å². The molecular weight excluding hydrogens is 124 g/mol. The lowest BCUT2D eigenvalue weighted by atomic mass is 10.1. The van der Waals surface area contributed by atoms with Crippen LogP contribution in [0.5, 0.6) is 0 Å². The molecule has 1 nitrogen and oxygen atoms in total. The maximum Gasteiger partial charge on any atom is 0.119 e. The van der Waals surface area contributed by atoms with Gasteiger partial charge in [0.2, 0.25) is 0 Å². The fourth-order valence-electron chi connectivity index (χ4n) is 0.776. The Labute approximate surface area is 63.1 Å². The first-order valence-corrected chi connectivity index (χ1v) is 3.86. The molecule has 58 valence electrons. The summed E-state index contributed by atoms with van der Waals surface area (Å²) in [5.74, 6) is 0. The summed E-state index contributed by atoms with van der Waals surface area (Å²) in [5.41, 5.74) is 1.42. The molecule has 0 bridgehead atoms. The van der Waals surface area contributed by atoms with Gasteiger partial charge in [-0.15, -0.1) is 0 Å². The van der Waals surface area contributed by atoms with Gasteiger partial charge >= 0.3 is 0 Å². The SMILES string of the molecule is C/C=C(/C)CCCCC=O. The van der Waals surface area contributed by atoms with Crippen LogP contribution in [-0.2, 0) is 4.79 Å². The van der Waals surface area contributed by atoms with E-state index in [-0.39, 0.29) is 0 Å². The highest BCUT2D eigenvalue weighted by Gasteiger charge is 1.88. The summed E-state index contributed by atoms with van der Waals surface area (Å²) in [6.45, 7) is 4.18. The summed E-state index contributed by atoms with van der Waals surface area (Å²) in [4.78, 5) is 9.90. The third-order valence-electron chi connectivity index (χ3n) is 1.64. The maximum atomic E-state index is 9.90. The Morgan fingerprint density at radius 2 is 2.10 bits per heavy atom. The first kappa shape index (κ1) is 9.41. The standard InChI is InChI=1S/C9H16O/c1-3-9(2)7-5-4-6-8-10/h3,8H,4-7H2,1-2H3/b9-3-. The van der Waals surface area contributed by atoms with Gasteiger partial charge in [-0.1, -0.05) is 11.6 Å². The predicted molar refractivity (Wildman–Crippen MR) is 44.0 cm³/mol. The van der Waals surface area contributed by atoms with Crippen molar-refractivity contribution in [3.8, 4) is 0 Å². The lowest BCUT2D eigenvalue weighted by Gasteiger charge is -1.96. The van der Waals surface area contributed by atoms with Crippen LogP contribution in [0.2, 0.25) is 0 Å². The van der Waals surface area contributed by atoms with Crippen molar-refractivity contribution in [3.63, 3.8) is 0 Å². The van der Waals surface area contributed by atoms with Crippen molar-refractivity contribution < 1.29 is 4.79 Å². The average molecular weight is 140 g/mol. The van der Waals surface area contributed by atoms with Gasteiger partial charge in [0.1, 0.15) is 6.29 Å². The third kappa shape index (κ3) is 5.54. The molecule has 1 heteroatoms. The second kappa shape index (κ2) is 6.53. The molecule has 0 atom stereocenters. The van der Waals surface area contributed by atoms with E-state index in [1.807, 2.05) is 0 Å². The van der Waals surface area contributed by atoms with Crippen molar-refractivity contribution in [2.45, 2.75) is 39.5 Å². The van der Waals surface area contributed by atoms with E-state index in [4.69, 9.17) is 0 Å². The molecule has 0 fully saturated rings. The van der Waals surface area contributed by atoms with Crippen LogP contribution in [0.15, 0.2) is 11.6 Å². The molecule has 0 aliphatic rings. The van der Waals surface area contributed by atoms with Crippen molar-refractivity contribution in [2.75, 3.05) is 0 Å². The summed E-state index contributed by atoms with van der Waals surface area (Å²) in [7, 11) is 0. The van der Waals surface area contributed by atoms with Crippen LogP contribution in [0, 0.1) is 0 Å². The minimum Gasteiger partial charge on any atom is -0.303 e. The van der Waals surface area contributed by atoms with Crippen LogP contribution in [0.1, 0.15) is 39.5 Å². The van der Waals surface area contributed by atoms with Gasteiger partial charge in [-0.05, 0) is 33.1 Å². The van der Waals surface area contributed by atoms with E-state index in [0.29, 0.717) is 0 Å². The number of unbranched alkanes of at least 4 members (excludes halogenated alkanes) is 2. The molecule has 0 aromatic rings. The second-order valence-electron chi connectivity index (χ2n) is 2.55. The zero-order valence-corrected chi connectivity index (χ0v) is 6.89. The van der Waals surface area contributed by atoms with Crippen molar-refractivity contribution in [3.05, 3.63) is 11.6 Å². The molecule has 0 radical (unpaired) electrons. The zero-order valence-electron chi connectivity index (χ0n) is 6.89. The van der Waals surface area contributed by atoms with Gasteiger partial charge in [0.15, 0.2) is 0 Å². The topological polar surface area (TPSA) is 17.1 Å². The number of hydrogen-bond acceptors (Lipinski definition) is 1. The zero-order chi connectivity index (χ0) is 7.82. The number of aldehydes is 1. The Hall–Kier alpha value is -0.590. The van der Waals surface area contributed by atoms with Crippen molar-refractivity contribution >= 4 is 6.29 Å². The van der Waals surface area contributed by atoms with Crippen molar-refractivity contribution in [1.29, 1.82) is 0 Å². The van der Waals surface area contributed by atoms with Crippen LogP contribution in [-0.4, -0.2) is 6.29 Å². The molecule has 0 saturated carbocycles. The molecule has 0 saturated heterocycles. The highest BCUT2D eigenvalue weighted by Crippen LogP contribution is 2.06. The number of allylic oxidation sites excluding steroid dienone is 2. The molecule has 0 heterocycles. The van der Waals surface area contributed by atoms with Crippen LogP contribution < -0.4 is 0 Å².